The zero-order valence-electron chi connectivity index (χ0n) is 33.8. The van der Waals surface area contributed by atoms with Gasteiger partial charge in [-0.1, -0.05) is 102 Å². The standard InChI is InChI=1S/C48H60N2O4/c1-9-13-15-35(11-3)29-49(41-23-17-31(5)25-33(41)7)37-19-21-39(43(51)27-37)45-47(53)46(48(45)54)40-22-20-38(28-44(40)52)50(30-36(12-4)16-14-10-2)42-24-18-32(6)26-34(42)8/h17-28,35-36,51,53H,9-16,29-30H2,1-8H3. The van der Waals surface area contributed by atoms with Crippen LogP contribution in [0.1, 0.15) is 107 Å². The first-order chi connectivity index (χ1) is 25.9. The summed E-state index contributed by atoms with van der Waals surface area (Å²) in [6.07, 6.45) is 14.0. The third-order valence-electron chi connectivity index (χ3n) is 11.3. The zero-order chi connectivity index (χ0) is 39.1. The van der Waals surface area contributed by atoms with Gasteiger partial charge in [-0.15, -0.1) is 0 Å². The summed E-state index contributed by atoms with van der Waals surface area (Å²) in [7, 11) is 0. The zero-order valence-corrected chi connectivity index (χ0v) is 33.8. The molecule has 0 spiro atoms. The number of unbranched alkanes of at least 4 members (excludes halogenated alkanes) is 2. The first-order valence-corrected chi connectivity index (χ1v) is 20.1. The number of nitrogens with zero attached hydrogens (tertiary/aromatic N) is 2. The maximum atomic E-state index is 13.8. The van der Waals surface area contributed by atoms with Gasteiger partial charge >= 0.3 is 0 Å². The Bertz CT molecular complexity index is 2000. The van der Waals surface area contributed by atoms with Crippen molar-refractivity contribution in [3.63, 3.8) is 0 Å². The van der Waals surface area contributed by atoms with Gasteiger partial charge in [-0.3, -0.25) is 9.59 Å². The monoisotopic (exact) mass is 728 g/mol. The summed E-state index contributed by atoms with van der Waals surface area (Å²) < 4.78 is 0. The molecule has 0 heterocycles. The van der Waals surface area contributed by atoms with E-state index < -0.39 is 5.78 Å². The number of phenolic OH excluding ortho intramolecular Hbond substituents is 1. The number of aryl methyl sites for hydroxylation is 4. The molecular formula is C48H60N2O4. The highest BCUT2D eigenvalue weighted by Gasteiger charge is 2.40. The first kappa shape index (κ1) is 40.3. The molecule has 6 heteroatoms. The molecule has 0 aliphatic heterocycles. The lowest BCUT2D eigenvalue weighted by Gasteiger charge is -2.33. The molecule has 6 nitrogen and oxygen atoms in total. The summed E-state index contributed by atoms with van der Waals surface area (Å²) in [5.74, 6) is -0.197. The van der Waals surface area contributed by atoms with Gasteiger partial charge in [0.25, 0.3) is 0 Å². The van der Waals surface area contributed by atoms with E-state index in [0.29, 0.717) is 11.8 Å². The Morgan fingerprint density at radius 3 is 1.69 bits per heavy atom. The van der Waals surface area contributed by atoms with Crippen LogP contribution in [0.5, 0.6) is 5.75 Å². The van der Waals surface area contributed by atoms with Gasteiger partial charge in [-0.2, -0.15) is 0 Å². The molecule has 2 N–H and O–H groups in total. The second kappa shape index (κ2) is 18.0. The van der Waals surface area contributed by atoms with Crippen LogP contribution in [0.2, 0.25) is 0 Å². The van der Waals surface area contributed by atoms with Crippen LogP contribution in [0, 0.1) is 39.5 Å². The lowest BCUT2D eigenvalue weighted by molar-refractivity contribution is -0.114. The maximum absolute atomic E-state index is 13.8. The van der Waals surface area contributed by atoms with Crippen LogP contribution < -0.4 is 9.80 Å². The molecule has 3 aromatic carbocycles. The average Bonchev–Trinajstić information content (AvgIpc) is 3.14. The molecular weight excluding hydrogens is 669 g/mol. The van der Waals surface area contributed by atoms with Crippen molar-refractivity contribution < 1.29 is 19.8 Å². The minimum atomic E-state index is -0.450. The van der Waals surface area contributed by atoms with Gasteiger partial charge < -0.3 is 20.0 Å². The molecule has 0 fully saturated rings. The summed E-state index contributed by atoms with van der Waals surface area (Å²) in [6, 6.07) is 18.1. The minimum Gasteiger partial charge on any atom is -0.507 e. The fourth-order valence-electron chi connectivity index (χ4n) is 7.94. The van der Waals surface area contributed by atoms with E-state index in [1.54, 1.807) is 24.3 Å². The van der Waals surface area contributed by atoms with E-state index in [2.05, 4.69) is 102 Å². The molecule has 5 rings (SSSR count). The summed E-state index contributed by atoms with van der Waals surface area (Å²) >= 11 is 0. The van der Waals surface area contributed by atoms with Crippen LogP contribution in [0.15, 0.2) is 95.4 Å². The van der Waals surface area contributed by atoms with Crippen LogP contribution in [-0.2, 0) is 9.59 Å². The fraction of sp³-hybridized carbons (Fsp3) is 0.417. The van der Waals surface area contributed by atoms with Gasteiger partial charge in [0.1, 0.15) is 11.5 Å². The molecule has 286 valence electrons. The Balaban J connectivity index is 1.46. The van der Waals surface area contributed by atoms with E-state index in [1.165, 1.54) is 11.1 Å². The van der Waals surface area contributed by atoms with Crippen molar-refractivity contribution >= 4 is 34.2 Å². The number of anilines is 3. The molecule has 2 aliphatic rings. The average molecular weight is 729 g/mol. The normalized spacial score (nSPS) is 16.7. The molecule has 0 aromatic heterocycles. The predicted octanol–water partition coefficient (Wildman–Crippen LogP) is 11.9. The number of hydrogen-bond acceptors (Lipinski definition) is 6. The number of rotatable bonds is 17. The number of aromatic hydroxyl groups is 1. The maximum Gasteiger partial charge on any atom is 0.202 e. The van der Waals surface area contributed by atoms with Crippen molar-refractivity contribution in [3.8, 4) is 5.75 Å². The Kier molecular flexibility index (Phi) is 13.4. The third-order valence-corrected chi connectivity index (χ3v) is 11.3. The Labute approximate surface area is 323 Å². The summed E-state index contributed by atoms with van der Waals surface area (Å²) in [4.78, 5) is 32.0. The van der Waals surface area contributed by atoms with E-state index in [-0.39, 0.29) is 39.6 Å². The Hall–Kier alpha value is -4.84. The number of carbonyl (C=O) groups is 2. The number of phenols is 1. The lowest BCUT2D eigenvalue weighted by atomic mass is 9.79. The molecule has 0 amide bonds. The number of aliphatic hydroxyl groups excluding tert-OH is 1. The SMILES string of the molecule is CCCCC(CC)CN(C1=CC(=O)C(=C2C(=O)C(c3ccc(N(CC(CC)CCCC)c4ccc(C)cc4C)cc3O)=C2O)C=C1)c1ccc(C)cc1C. The quantitative estimate of drug-likeness (QED) is 0.135. The molecule has 2 atom stereocenters. The minimum absolute atomic E-state index is 0.00362. The number of allylic oxidation sites excluding steroid dienone is 6. The van der Waals surface area contributed by atoms with E-state index in [0.717, 1.165) is 98.3 Å². The number of benzene rings is 3. The van der Waals surface area contributed by atoms with Crippen LogP contribution in [0.3, 0.4) is 0 Å². The molecule has 0 radical (unpaired) electrons. The van der Waals surface area contributed by atoms with Crippen LogP contribution in [-0.4, -0.2) is 34.9 Å². The van der Waals surface area contributed by atoms with E-state index in [1.807, 2.05) is 12.1 Å². The van der Waals surface area contributed by atoms with Crippen LogP contribution in [0.25, 0.3) is 5.57 Å². The van der Waals surface area contributed by atoms with Crippen molar-refractivity contribution in [1.82, 2.24) is 0 Å². The van der Waals surface area contributed by atoms with Crippen LogP contribution >= 0.6 is 0 Å². The highest BCUT2D eigenvalue weighted by Crippen LogP contribution is 2.44. The number of Topliss-reactive ketones (excluding diaryl/α,β-unsaturated/α-hetero) is 1. The lowest BCUT2D eigenvalue weighted by Crippen LogP contribution is -2.31. The van der Waals surface area contributed by atoms with Gasteiger partial charge in [0, 0.05) is 59.1 Å². The van der Waals surface area contributed by atoms with Crippen molar-refractivity contribution in [1.29, 1.82) is 0 Å². The Morgan fingerprint density at radius 1 is 0.648 bits per heavy atom. The number of hydrogen-bond donors (Lipinski definition) is 2. The molecule has 2 unspecified atom stereocenters. The molecule has 2 aliphatic carbocycles. The topological polar surface area (TPSA) is 81.1 Å². The summed E-state index contributed by atoms with van der Waals surface area (Å²) in [5.41, 5.74) is 8.82. The summed E-state index contributed by atoms with van der Waals surface area (Å²) in [6.45, 7) is 18.8. The van der Waals surface area contributed by atoms with Crippen molar-refractivity contribution in [2.24, 2.45) is 11.8 Å². The second-order valence-corrected chi connectivity index (χ2v) is 15.4. The number of carbonyl (C=O) groups excluding carboxylic acids is 2. The third kappa shape index (κ3) is 8.75. The molecule has 0 bridgehead atoms. The molecule has 0 saturated heterocycles. The largest absolute Gasteiger partial charge is 0.507 e. The first-order valence-electron chi connectivity index (χ1n) is 20.1. The fourth-order valence-corrected chi connectivity index (χ4v) is 7.94. The van der Waals surface area contributed by atoms with E-state index in [9.17, 15) is 19.8 Å². The van der Waals surface area contributed by atoms with Crippen LogP contribution in [0.4, 0.5) is 17.1 Å². The van der Waals surface area contributed by atoms with E-state index in [4.69, 9.17) is 0 Å². The molecule has 3 aromatic rings. The number of aliphatic hydroxyl groups is 1. The summed E-state index contributed by atoms with van der Waals surface area (Å²) in [5, 5.41) is 22.8. The second-order valence-electron chi connectivity index (χ2n) is 15.4. The number of ketones is 2. The molecule has 0 saturated carbocycles. The van der Waals surface area contributed by atoms with Gasteiger partial charge in [0.15, 0.2) is 5.78 Å². The van der Waals surface area contributed by atoms with Crippen molar-refractivity contribution in [2.45, 2.75) is 107 Å². The van der Waals surface area contributed by atoms with Gasteiger partial charge in [-0.05, 0) is 99.9 Å². The van der Waals surface area contributed by atoms with Crippen molar-refractivity contribution in [3.05, 3.63) is 123 Å². The molecule has 54 heavy (non-hydrogen) atoms. The smallest absolute Gasteiger partial charge is 0.202 e. The van der Waals surface area contributed by atoms with Gasteiger partial charge in [-0.25, -0.2) is 0 Å². The van der Waals surface area contributed by atoms with Gasteiger partial charge in [0.05, 0.1) is 11.1 Å². The predicted molar refractivity (Wildman–Crippen MR) is 225 cm³/mol. The van der Waals surface area contributed by atoms with Gasteiger partial charge in [0.2, 0.25) is 5.78 Å². The Morgan fingerprint density at radius 2 is 1.20 bits per heavy atom. The highest BCUT2D eigenvalue weighted by molar-refractivity contribution is 6.41. The highest BCUT2D eigenvalue weighted by atomic mass is 16.3. The van der Waals surface area contributed by atoms with E-state index >= 15 is 0 Å². The van der Waals surface area contributed by atoms with Crippen molar-refractivity contribution in [2.75, 3.05) is 22.9 Å².